The smallest absolute Gasteiger partial charge is 0.107 e. The molecule has 3 nitrogen and oxygen atoms in total. The molecular weight excluding hydrogens is 278 g/mol. The van der Waals surface area contributed by atoms with E-state index in [2.05, 4.69) is 10.2 Å². The topological polar surface area (TPSA) is 41.3 Å². The lowest BCUT2D eigenvalue weighted by Crippen LogP contribution is -2.33. The van der Waals surface area contributed by atoms with E-state index in [0.717, 1.165) is 24.3 Å². The molecule has 2 rings (SSSR count). The zero-order valence-corrected chi connectivity index (χ0v) is 12.6. The number of halogens is 1. The van der Waals surface area contributed by atoms with Gasteiger partial charge in [-0.1, -0.05) is 36.3 Å². The Morgan fingerprint density at radius 2 is 2.05 bits per heavy atom. The normalized spacial score (nSPS) is 16.3. The molecule has 0 saturated carbocycles. The van der Waals surface area contributed by atoms with Gasteiger partial charge in [0.25, 0.3) is 0 Å². The number of benzene rings is 1. The SMILES string of the molecule is NC(=S)c1c(Cl)cccc1NCCN1CCCCC1. The molecular formula is C14H20ClN3S. The molecule has 0 aromatic heterocycles. The lowest BCUT2D eigenvalue weighted by Gasteiger charge is -2.26. The van der Waals surface area contributed by atoms with Gasteiger partial charge in [-0.15, -0.1) is 0 Å². The summed E-state index contributed by atoms with van der Waals surface area (Å²) in [5, 5.41) is 4.00. The Morgan fingerprint density at radius 3 is 2.74 bits per heavy atom. The first kappa shape index (κ1) is 14.6. The van der Waals surface area contributed by atoms with Gasteiger partial charge in [-0.3, -0.25) is 0 Å². The van der Waals surface area contributed by atoms with Crippen LogP contribution in [0.3, 0.4) is 0 Å². The summed E-state index contributed by atoms with van der Waals surface area (Å²) >= 11 is 11.2. The monoisotopic (exact) mass is 297 g/mol. The van der Waals surface area contributed by atoms with Crippen LogP contribution >= 0.6 is 23.8 Å². The van der Waals surface area contributed by atoms with Crippen LogP contribution in [0.4, 0.5) is 5.69 Å². The number of nitrogens with one attached hydrogen (secondary N) is 1. The fourth-order valence-corrected chi connectivity index (χ4v) is 3.01. The van der Waals surface area contributed by atoms with Crippen LogP contribution in [0.1, 0.15) is 24.8 Å². The first-order valence-corrected chi connectivity index (χ1v) is 7.51. The number of anilines is 1. The Balaban J connectivity index is 1.92. The van der Waals surface area contributed by atoms with Crippen molar-refractivity contribution in [2.75, 3.05) is 31.5 Å². The molecule has 104 valence electrons. The highest BCUT2D eigenvalue weighted by Crippen LogP contribution is 2.24. The molecule has 1 aromatic carbocycles. The van der Waals surface area contributed by atoms with Crippen LogP contribution in [-0.2, 0) is 0 Å². The van der Waals surface area contributed by atoms with Crippen LogP contribution in [0.15, 0.2) is 18.2 Å². The number of hydrogen-bond donors (Lipinski definition) is 2. The highest BCUT2D eigenvalue weighted by molar-refractivity contribution is 7.80. The first-order chi connectivity index (χ1) is 9.18. The maximum absolute atomic E-state index is 6.13. The summed E-state index contributed by atoms with van der Waals surface area (Å²) in [6, 6.07) is 5.69. The summed E-state index contributed by atoms with van der Waals surface area (Å²) in [6.07, 6.45) is 3.99. The maximum atomic E-state index is 6.13. The molecule has 0 unspecified atom stereocenters. The van der Waals surface area contributed by atoms with Crippen molar-refractivity contribution in [3.63, 3.8) is 0 Å². The molecule has 1 saturated heterocycles. The Morgan fingerprint density at radius 1 is 1.32 bits per heavy atom. The van der Waals surface area contributed by atoms with Crippen molar-refractivity contribution >= 4 is 34.5 Å². The third kappa shape index (κ3) is 4.06. The minimum Gasteiger partial charge on any atom is -0.389 e. The van der Waals surface area contributed by atoms with Crippen LogP contribution < -0.4 is 11.1 Å². The highest BCUT2D eigenvalue weighted by atomic mass is 35.5. The van der Waals surface area contributed by atoms with Gasteiger partial charge in [-0.25, -0.2) is 0 Å². The van der Waals surface area contributed by atoms with Gasteiger partial charge in [0.15, 0.2) is 0 Å². The molecule has 1 aliphatic rings. The number of hydrogen-bond acceptors (Lipinski definition) is 3. The van der Waals surface area contributed by atoms with Crippen molar-refractivity contribution < 1.29 is 0 Å². The van der Waals surface area contributed by atoms with Gasteiger partial charge in [0.1, 0.15) is 4.99 Å². The average molecular weight is 298 g/mol. The van der Waals surface area contributed by atoms with Gasteiger partial charge >= 0.3 is 0 Å². The summed E-state index contributed by atoms with van der Waals surface area (Å²) in [7, 11) is 0. The predicted molar refractivity (Wildman–Crippen MR) is 86.1 cm³/mol. The van der Waals surface area contributed by atoms with Crippen molar-refractivity contribution in [2.45, 2.75) is 19.3 Å². The molecule has 19 heavy (non-hydrogen) atoms. The van der Waals surface area contributed by atoms with Crippen LogP contribution in [0.25, 0.3) is 0 Å². The molecule has 1 heterocycles. The molecule has 0 aliphatic carbocycles. The number of piperidine rings is 1. The Kier molecular flexibility index (Phi) is 5.43. The predicted octanol–water partition coefficient (Wildman–Crippen LogP) is 2.87. The molecule has 3 N–H and O–H groups in total. The van der Waals surface area contributed by atoms with Gasteiger partial charge in [0.05, 0.1) is 10.6 Å². The van der Waals surface area contributed by atoms with Crippen LogP contribution in [0, 0.1) is 0 Å². The van der Waals surface area contributed by atoms with Crippen molar-refractivity contribution in [2.24, 2.45) is 5.73 Å². The standard InChI is InChI=1S/C14H20ClN3S/c15-11-5-4-6-12(13(11)14(16)19)17-7-10-18-8-2-1-3-9-18/h4-6,17H,1-3,7-10H2,(H2,16,19). The van der Waals surface area contributed by atoms with Crippen molar-refractivity contribution in [1.82, 2.24) is 4.90 Å². The molecule has 1 aromatic rings. The third-order valence-corrected chi connectivity index (χ3v) is 3.97. The van der Waals surface area contributed by atoms with E-state index in [1.54, 1.807) is 0 Å². The minimum absolute atomic E-state index is 0.339. The Labute approximate surface area is 125 Å². The molecule has 0 amide bonds. The molecule has 0 radical (unpaired) electrons. The summed E-state index contributed by atoms with van der Waals surface area (Å²) in [5.41, 5.74) is 7.40. The second-order valence-electron chi connectivity index (χ2n) is 4.86. The van der Waals surface area contributed by atoms with E-state index >= 15 is 0 Å². The van der Waals surface area contributed by atoms with Crippen molar-refractivity contribution in [3.8, 4) is 0 Å². The van der Waals surface area contributed by atoms with Crippen LogP contribution in [0.5, 0.6) is 0 Å². The lowest BCUT2D eigenvalue weighted by atomic mass is 10.1. The van der Waals surface area contributed by atoms with E-state index in [0.29, 0.717) is 10.0 Å². The fraction of sp³-hybridized carbons (Fsp3) is 0.500. The number of nitrogens with two attached hydrogens (primary N) is 1. The van der Waals surface area contributed by atoms with E-state index in [4.69, 9.17) is 29.6 Å². The van der Waals surface area contributed by atoms with Crippen LogP contribution in [-0.4, -0.2) is 36.1 Å². The Hall–Kier alpha value is -0.840. The minimum atomic E-state index is 0.339. The second-order valence-corrected chi connectivity index (χ2v) is 5.70. The molecule has 0 bridgehead atoms. The van der Waals surface area contributed by atoms with Crippen molar-refractivity contribution in [1.29, 1.82) is 0 Å². The summed E-state index contributed by atoms with van der Waals surface area (Å²) in [5.74, 6) is 0. The van der Waals surface area contributed by atoms with Gasteiger partial charge in [0, 0.05) is 18.8 Å². The number of rotatable bonds is 5. The molecule has 1 fully saturated rings. The van der Waals surface area contributed by atoms with Gasteiger partial charge < -0.3 is 16.0 Å². The number of likely N-dealkylation sites (tertiary alicyclic amines) is 1. The summed E-state index contributed by atoms with van der Waals surface area (Å²) < 4.78 is 0. The van der Waals surface area contributed by atoms with E-state index < -0.39 is 0 Å². The van der Waals surface area contributed by atoms with E-state index in [-0.39, 0.29) is 0 Å². The second kappa shape index (κ2) is 7.08. The quantitative estimate of drug-likeness (QED) is 0.820. The van der Waals surface area contributed by atoms with E-state index in [1.807, 2.05) is 18.2 Å². The molecule has 5 heteroatoms. The molecule has 0 spiro atoms. The summed E-state index contributed by atoms with van der Waals surface area (Å²) in [6.45, 7) is 4.35. The van der Waals surface area contributed by atoms with E-state index in [9.17, 15) is 0 Å². The zero-order chi connectivity index (χ0) is 13.7. The fourth-order valence-electron chi connectivity index (χ4n) is 2.45. The van der Waals surface area contributed by atoms with Crippen molar-refractivity contribution in [3.05, 3.63) is 28.8 Å². The van der Waals surface area contributed by atoms with Gasteiger partial charge in [0.2, 0.25) is 0 Å². The van der Waals surface area contributed by atoms with E-state index in [1.165, 1.54) is 32.4 Å². The zero-order valence-electron chi connectivity index (χ0n) is 11.0. The maximum Gasteiger partial charge on any atom is 0.107 e. The number of thiocarbonyl (C=S) groups is 1. The largest absolute Gasteiger partial charge is 0.389 e. The average Bonchev–Trinajstić information content (AvgIpc) is 2.39. The molecule has 0 atom stereocenters. The summed E-state index contributed by atoms with van der Waals surface area (Å²) in [4.78, 5) is 2.83. The highest BCUT2D eigenvalue weighted by Gasteiger charge is 2.11. The van der Waals surface area contributed by atoms with Gasteiger partial charge in [-0.05, 0) is 38.1 Å². The Bertz CT molecular complexity index is 444. The first-order valence-electron chi connectivity index (χ1n) is 6.73. The lowest BCUT2D eigenvalue weighted by molar-refractivity contribution is 0.237. The third-order valence-electron chi connectivity index (χ3n) is 3.45. The van der Waals surface area contributed by atoms with Gasteiger partial charge in [-0.2, -0.15) is 0 Å². The molecule has 1 aliphatic heterocycles. The number of nitrogens with zero attached hydrogens (tertiary/aromatic N) is 1. The van der Waals surface area contributed by atoms with Crippen LogP contribution in [0.2, 0.25) is 5.02 Å².